The van der Waals surface area contributed by atoms with Crippen molar-refractivity contribution < 1.29 is 18.9 Å². The zero-order valence-electron chi connectivity index (χ0n) is 12.2. The molecule has 0 aliphatic heterocycles. The van der Waals surface area contributed by atoms with Crippen molar-refractivity contribution >= 4 is 41.3 Å². The molecule has 0 saturated heterocycles. The van der Waals surface area contributed by atoms with E-state index in [0.29, 0.717) is 4.88 Å². The lowest BCUT2D eigenvalue weighted by Gasteiger charge is -2.01. The van der Waals surface area contributed by atoms with Crippen LogP contribution in [-0.2, 0) is 4.79 Å². The van der Waals surface area contributed by atoms with E-state index in [1.165, 1.54) is 41.8 Å². The maximum absolute atomic E-state index is 11.6. The summed E-state index contributed by atoms with van der Waals surface area (Å²) in [4.78, 5) is 33.4. The first-order valence-electron chi connectivity index (χ1n) is 6.61. The second-order valence-corrected chi connectivity index (χ2v) is 5.21. The lowest BCUT2D eigenvalue weighted by molar-refractivity contribution is -0.402. The van der Waals surface area contributed by atoms with Crippen LogP contribution in [-0.4, -0.2) is 29.5 Å². The van der Waals surface area contributed by atoms with Gasteiger partial charge in [0, 0.05) is 6.21 Å². The maximum Gasteiger partial charge on any atom is 0.433 e. The van der Waals surface area contributed by atoms with Crippen LogP contribution >= 0.6 is 11.3 Å². The predicted octanol–water partition coefficient (Wildman–Crippen LogP) is 1.79. The quantitative estimate of drug-likeness (QED) is 0.448. The van der Waals surface area contributed by atoms with Gasteiger partial charge in [0.1, 0.15) is 10.7 Å². The van der Waals surface area contributed by atoms with Gasteiger partial charge in [-0.15, -0.1) is 11.3 Å². The second kappa shape index (κ2) is 8.39. The molecule has 2 heterocycles. The summed E-state index contributed by atoms with van der Waals surface area (Å²) in [6, 6.07) is 6.06. The molecule has 9 nitrogen and oxygen atoms in total. The van der Waals surface area contributed by atoms with E-state index >= 15 is 0 Å². The van der Waals surface area contributed by atoms with E-state index in [1.54, 1.807) is 17.5 Å². The fourth-order valence-electron chi connectivity index (χ4n) is 1.52. The molecule has 0 aliphatic carbocycles. The largest absolute Gasteiger partial charge is 0.433 e. The van der Waals surface area contributed by atoms with Gasteiger partial charge in [-0.3, -0.25) is 19.7 Å². The van der Waals surface area contributed by atoms with Crippen LogP contribution in [0.5, 0.6) is 0 Å². The fraction of sp³-hybridized carbons (Fsp3) is 0.0714. The van der Waals surface area contributed by atoms with E-state index in [9.17, 15) is 19.7 Å². The first kappa shape index (κ1) is 17.1. The number of hydrogen-bond acceptors (Lipinski definition) is 7. The number of nitro groups is 1. The lowest BCUT2D eigenvalue weighted by Crippen LogP contribution is -2.34. The average Bonchev–Trinajstić information content (AvgIpc) is 3.23. The monoisotopic (exact) mass is 348 g/mol. The number of nitrogens with one attached hydrogen (secondary N) is 2. The summed E-state index contributed by atoms with van der Waals surface area (Å²) in [6.45, 7) is -0.206. The Kier molecular flexibility index (Phi) is 5.97. The molecule has 0 spiro atoms. The number of rotatable bonds is 7. The van der Waals surface area contributed by atoms with Gasteiger partial charge in [-0.05, 0) is 29.7 Å². The number of thiophene rings is 1. The van der Waals surface area contributed by atoms with Crippen LogP contribution in [0.1, 0.15) is 15.4 Å². The molecule has 10 heteroatoms. The van der Waals surface area contributed by atoms with Gasteiger partial charge >= 0.3 is 5.88 Å². The van der Waals surface area contributed by atoms with E-state index in [4.69, 9.17) is 4.42 Å². The van der Waals surface area contributed by atoms with E-state index in [0.717, 1.165) is 0 Å². The molecule has 0 aliphatic rings. The standard InChI is InChI=1S/C14H12N4O5S/c19-12(9-15-14(20)11-4-2-8-24-11)17-16-7-1-3-10-5-6-13(23-10)18(21)22/h1-8H,9H2,(H,15,20)(H,17,19)/b3-1+,16-7-. The molecule has 0 radical (unpaired) electrons. The number of carbonyl (C=O) groups is 2. The van der Waals surface area contributed by atoms with Crippen LogP contribution < -0.4 is 10.7 Å². The number of amides is 2. The third kappa shape index (κ3) is 5.18. The second-order valence-electron chi connectivity index (χ2n) is 4.27. The molecule has 2 aromatic rings. The van der Waals surface area contributed by atoms with Gasteiger partial charge in [0.25, 0.3) is 11.8 Å². The Morgan fingerprint density at radius 2 is 2.21 bits per heavy atom. The van der Waals surface area contributed by atoms with Gasteiger partial charge in [-0.2, -0.15) is 5.10 Å². The van der Waals surface area contributed by atoms with Crippen LogP contribution in [0.4, 0.5) is 5.88 Å². The van der Waals surface area contributed by atoms with Gasteiger partial charge in [-0.25, -0.2) is 5.43 Å². The fourth-order valence-corrected chi connectivity index (χ4v) is 2.16. The van der Waals surface area contributed by atoms with Crippen LogP contribution in [0, 0.1) is 10.1 Å². The molecule has 0 aromatic carbocycles. The minimum absolute atomic E-state index is 0.206. The summed E-state index contributed by atoms with van der Waals surface area (Å²) >= 11 is 1.28. The Balaban J connectivity index is 1.71. The van der Waals surface area contributed by atoms with E-state index < -0.39 is 10.8 Å². The summed E-state index contributed by atoms with van der Waals surface area (Å²) in [5.74, 6) is -0.898. The van der Waals surface area contributed by atoms with Crippen molar-refractivity contribution in [1.29, 1.82) is 0 Å². The van der Waals surface area contributed by atoms with Gasteiger partial charge in [-0.1, -0.05) is 6.07 Å². The first-order chi connectivity index (χ1) is 11.6. The third-order valence-corrected chi connectivity index (χ3v) is 3.43. The number of furan rings is 1. The van der Waals surface area contributed by atoms with Crippen molar-refractivity contribution in [3.8, 4) is 0 Å². The molecule has 124 valence electrons. The average molecular weight is 348 g/mol. The van der Waals surface area contributed by atoms with Crippen molar-refractivity contribution in [3.05, 3.63) is 56.5 Å². The minimum Gasteiger partial charge on any atom is -0.401 e. The maximum atomic E-state index is 11.6. The topological polar surface area (TPSA) is 127 Å². The molecule has 2 aromatic heterocycles. The number of allylic oxidation sites excluding steroid dienone is 1. The molecular weight excluding hydrogens is 336 g/mol. The Bertz CT molecular complexity index is 779. The normalized spacial score (nSPS) is 11.0. The van der Waals surface area contributed by atoms with Crippen molar-refractivity contribution in [1.82, 2.24) is 10.7 Å². The summed E-state index contributed by atoms with van der Waals surface area (Å²) < 4.78 is 4.89. The Hall–Kier alpha value is -3.27. The molecule has 0 atom stereocenters. The van der Waals surface area contributed by atoms with Crippen LogP contribution in [0.25, 0.3) is 6.08 Å². The van der Waals surface area contributed by atoms with Crippen LogP contribution in [0.2, 0.25) is 0 Å². The van der Waals surface area contributed by atoms with E-state index in [2.05, 4.69) is 15.8 Å². The molecule has 0 bridgehead atoms. The summed E-state index contributed by atoms with van der Waals surface area (Å²) in [5, 5.41) is 18.3. The number of hydrogen-bond donors (Lipinski definition) is 2. The molecule has 2 amide bonds. The van der Waals surface area contributed by atoms with Crippen molar-refractivity contribution in [2.45, 2.75) is 0 Å². The van der Waals surface area contributed by atoms with E-state index in [-0.39, 0.29) is 24.1 Å². The highest BCUT2D eigenvalue weighted by molar-refractivity contribution is 7.12. The summed E-state index contributed by atoms with van der Waals surface area (Å²) in [6.07, 6.45) is 4.15. The van der Waals surface area contributed by atoms with Crippen LogP contribution in [0.3, 0.4) is 0 Å². The molecule has 2 N–H and O–H groups in total. The molecule has 0 saturated carbocycles. The SMILES string of the molecule is O=C(CNC(=O)c1cccs1)N/N=C\C=C\c1ccc([N+](=O)[O-])o1. The third-order valence-electron chi connectivity index (χ3n) is 2.56. The smallest absolute Gasteiger partial charge is 0.401 e. The number of nitrogens with zero attached hydrogens (tertiary/aromatic N) is 2. The zero-order chi connectivity index (χ0) is 17.4. The highest BCUT2D eigenvalue weighted by Gasteiger charge is 2.09. The van der Waals surface area contributed by atoms with Crippen molar-refractivity contribution in [2.75, 3.05) is 6.54 Å². The highest BCUT2D eigenvalue weighted by atomic mass is 32.1. The molecule has 0 fully saturated rings. The lowest BCUT2D eigenvalue weighted by atomic mass is 10.4. The Labute approximate surface area is 139 Å². The van der Waals surface area contributed by atoms with Gasteiger partial charge in [0.05, 0.1) is 17.5 Å². The summed E-state index contributed by atoms with van der Waals surface area (Å²) in [7, 11) is 0. The number of hydrazone groups is 1. The van der Waals surface area contributed by atoms with Gasteiger partial charge in [0.15, 0.2) is 0 Å². The molecule has 2 rings (SSSR count). The van der Waals surface area contributed by atoms with Gasteiger partial charge in [0.2, 0.25) is 0 Å². The summed E-state index contributed by atoms with van der Waals surface area (Å²) in [5.41, 5.74) is 2.22. The van der Waals surface area contributed by atoms with Crippen molar-refractivity contribution in [2.24, 2.45) is 5.10 Å². The Morgan fingerprint density at radius 3 is 2.88 bits per heavy atom. The predicted molar refractivity (Wildman–Crippen MR) is 87.7 cm³/mol. The Morgan fingerprint density at radius 1 is 1.38 bits per heavy atom. The first-order valence-corrected chi connectivity index (χ1v) is 7.49. The molecule has 0 unspecified atom stereocenters. The molecular formula is C14H12N4O5S. The molecule has 24 heavy (non-hydrogen) atoms. The van der Waals surface area contributed by atoms with Crippen LogP contribution in [0.15, 0.2) is 45.2 Å². The van der Waals surface area contributed by atoms with E-state index in [1.807, 2.05) is 0 Å². The minimum atomic E-state index is -0.643. The van der Waals surface area contributed by atoms with Crippen molar-refractivity contribution in [3.63, 3.8) is 0 Å². The highest BCUT2D eigenvalue weighted by Crippen LogP contribution is 2.16. The number of carbonyl (C=O) groups excluding carboxylic acids is 2. The zero-order valence-corrected chi connectivity index (χ0v) is 13.0. The van der Waals surface area contributed by atoms with Gasteiger partial charge < -0.3 is 9.73 Å².